The van der Waals surface area contributed by atoms with Gasteiger partial charge in [-0.2, -0.15) is 0 Å². The first-order chi connectivity index (χ1) is 18.0. The topological polar surface area (TPSA) is 81.8 Å². The molecular formula is C31H26N2O3S. The van der Waals surface area contributed by atoms with E-state index in [1.807, 2.05) is 60.8 Å². The van der Waals surface area contributed by atoms with E-state index in [0.717, 1.165) is 46.2 Å². The molecule has 2 N–H and O–H groups in total. The van der Waals surface area contributed by atoms with Crippen LogP contribution in [0.5, 0.6) is 5.75 Å². The van der Waals surface area contributed by atoms with Gasteiger partial charge in [0.25, 0.3) is 0 Å². The fourth-order valence-corrected chi connectivity index (χ4v) is 5.16. The average Bonchev–Trinajstić information content (AvgIpc) is 2.92. The van der Waals surface area contributed by atoms with Gasteiger partial charge in [0, 0.05) is 38.4 Å². The third-order valence-corrected chi connectivity index (χ3v) is 7.21. The van der Waals surface area contributed by atoms with Gasteiger partial charge in [0.2, 0.25) is 0 Å². The predicted octanol–water partition coefficient (Wildman–Crippen LogP) is 7.12. The van der Waals surface area contributed by atoms with Crippen LogP contribution >= 0.6 is 11.8 Å². The van der Waals surface area contributed by atoms with Gasteiger partial charge < -0.3 is 10.5 Å². The summed E-state index contributed by atoms with van der Waals surface area (Å²) in [6.45, 7) is 2.87. The molecule has 5 rings (SSSR count). The molecule has 37 heavy (non-hydrogen) atoms. The second-order valence-electron chi connectivity index (χ2n) is 8.73. The molecule has 0 spiro atoms. The van der Waals surface area contributed by atoms with Crippen molar-refractivity contribution >= 4 is 40.9 Å². The number of fused-ring (bicyclic) bond motifs is 2. The van der Waals surface area contributed by atoms with Crippen molar-refractivity contribution in [1.29, 1.82) is 0 Å². The lowest BCUT2D eigenvalue weighted by Crippen LogP contribution is -2.23. The Morgan fingerprint density at radius 3 is 2.24 bits per heavy atom. The minimum Gasteiger partial charge on any atom is -0.494 e. The third kappa shape index (κ3) is 5.20. The first-order valence-corrected chi connectivity index (χ1v) is 13.0. The molecule has 1 aliphatic rings. The highest BCUT2D eigenvalue weighted by molar-refractivity contribution is 7.99. The zero-order chi connectivity index (χ0) is 25.8. The highest BCUT2D eigenvalue weighted by Gasteiger charge is 2.33. The number of nitrogens with zero attached hydrogens (tertiary/aromatic N) is 1. The van der Waals surface area contributed by atoms with Crippen LogP contribution in [-0.4, -0.2) is 24.4 Å². The Kier molecular flexibility index (Phi) is 7.19. The van der Waals surface area contributed by atoms with E-state index in [0.29, 0.717) is 27.9 Å². The van der Waals surface area contributed by atoms with E-state index in [1.54, 1.807) is 30.3 Å². The van der Waals surface area contributed by atoms with Crippen LogP contribution in [0, 0.1) is 0 Å². The number of rotatable bonds is 8. The van der Waals surface area contributed by atoms with Gasteiger partial charge >= 0.3 is 0 Å². The van der Waals surface area contributed by atoms with Gasteiger partial charge in [0.05, 0.1) is 17.9 Å². The second-order valence-corrected chi connectivity index (χ2v) is 9.85. The molecule has 0 unspecified atom stereocenters. The van der Waals surface area contributed by atoms with Gasteiger partial charge in [-0.25, -0.2) is 0 Å². The van der Waals surface area contributed by atoms with Crippen LogP contribution in [0.15, 0.2) is 99.7 Å². The Morgan fingerprint density at radius 1 is 0.838 bits per heavy atom. The molecule has 0 bridgehead atoms. The molecule has 0 saturated heterocycles. The van der Waals surface area contributed by atoms with E-state index >= 15 is 0 Å². The Hall–Kier alpha value is -4.16. The number of anilines is 1. The molecule has 0 heterocycles. The highest BCUT2D eigenvalue weighted by atomic mass is 32.2. The van der Waals surface area contributed by atoms with E-state index in [1.165, 1.54) is 11.8 Å². The molecule has 4 aromatic rings. The molecule has 0 aliphatic heterocycles. The van der Waals surface area contributed by atoms with Crippen molar-refractivity contribution in [3.05, 3.63) is 113 Å². The fraction of sp³-hybridized carbons (Fsp3) is 0.129. The van der Waals surface area contributed by atoms with Crippen LogP contribution in [0.25, 0.3) is 0 Å². The number of hydrogen-bond acceptors (Lipinski definition) is 6. The van der Waals surface area contributed by atoms with Crippen molar-refractivity contribution in [1.82, 2.24) is 0 Å². The van der Waals surface area contributed by atoms with E-state index in [9.17, 15) is 9.59 Å². The van der Waals surface area contributed by atoms with Crippen molar-refractivity contribution in [2.75, 3.05) is 12.3 Å². The Balaban J connectivity index is 1.31. The summed E-state index contributed by atoms with van der Waals surface area (Å²) in [6.07, 6.45) is 3.97. The lowest BCUT2D eigenvalue weighted by molar-refractivity contribution is 0.0977. The standard InChI is InChI=1S/C31H26N2O3S/c1-2-3-18-36-22-14-10-20(11-15-22)19-33-21-12-16-23(17-13-21)37-27-9-5-7-25-29(27)31(35)24-6-4-8-26(32)28(24)30(25)34/h4-17,19H,2-3,18,32H2,1H3. The molecule has 0 saturated carbocycles. The van der Waals surface area contributed by atoms with Crippen molar-refractivity contribution in [2.45, 2.75) is 29.6 Å². The zero-order valence-electron chi connectivity index (χ0n) is 20.4. The van der Waals surface area contributed by atoms with E-state index in [-0.39, 0.29) is 11.6 Å². The number of ether oxygens (including phenoxy) is 1. The molecule has 6 heteroatoms. The summed E-state index contributed by atoms with van der Waals surface area (Å²) in [4.78, 5) is 32.7. The van der Waals surface area contributed by atoms with E-state index < -0.39 is 0 Å². The van der Waals surface area contributed by atoms with Crippen LogP contribution in [0.4, 0.5) is 11.4 Å². The second kappa shape index (κ2) is 10.8. The molecule has 1 aliphatic carbocycles. The number of hydrogen-bond donors (Lipinski definition) is 1. The van der Waals surface area contributed by atoms with Crippen molar-refractivity contribution < 1.29 is 14.3 Å². The zero-order valence-corrected chi connectivity index (χ0v) is 21.3. The maximum absolute atomic E-state index is 13.3. The normalized spacial score (nSPS) is 12.5. The highest BCUT2D eigenvalue weighted by Crippen LogP contribution is 2.38. The third-order valence-electron chi connectivity index (χ3n) is 6.14. The molecule has 0 atom stereocenters. The van der Waals surface area contributed by atoms with Crippen molar-refractivity contribution in [3.8, 4) is 5.75 Å². The summed E-state index contributed by atoms with van der Waals surface area (Å²) in [7, 11) is 0. The summed E-state index contributed by atoms with van der Waals surface area (Å²) in [5, 5.41) is 0. The minimum absolute atomic E-state index is 0.178. The first-order valence-electron chi connectivity index (χ1n) is 12.2. The molecule has 184 valence electrons. The van der Waals surface area contributed by atoms with Gasteiger partial charge in [0.1, 0.15) is 5.75 Å². The molecule has 0 radical (unpaired) electrons. The van der Waals surface area contributed by atoms with Gasteiger partial charge in [-0.3, -0.25) is 14.6 Å². The van der Waals surface area contributed by atoms with Crippen LogP contribution < -0.4 is 10.5 Å². The number of nitrogen functional groups attached to an aromatic ring is 1. The van der Waals surface area contributed by atoms with E-state index in [2.05, 4.69) is 11.9 Å². The largest absolute Gasteiger partial charge is 0.494 e. The van der Waals surface area contributed by atoms with E-state index in [4.69, 9.17) is 10.5 Å². The predicted molar refractivity (Wildman–Crippen MR) is 149 cm³/mol. The first kappa shape index (κ1) is 24.5. The summed E-state index contributed by atoms with van der Waals surface area (Å²) in [6, 6.07) is 26.0. The van der Waals surface area contributed by atoms with Crippen molar-refractivity contribution in [2.24, 2.45) is 4.99 Å². The number of aliphatic imine (C=N–C) groups is 1. The summed E-state index contributed by atoms with van der Waals surface area (Å²) in [5.74, 6) is 0.473. The Labute approximate surface area is 220 Å². The monoisotopic (exact) mass is 506 g/mol. The number of carbonyl (C=O) groups excluding carboxylic acids is 2. The van der Waals surface area contributed by atoms with Crippen LogP contribution in [0.2, 0.25) is 0 Å². The lowest BCUT2D eigenvalue weighted by Gasteiger charge is -2.21. The Morgan fingerprint density at radius 2 is 1.51 bits per heavy atom. The van der Waals surface area contributed by atoms with Gasteiger partial charge in [-0.15, -0.1) is 0 Å². The number of benzene rings is 4. The lowest BCUT2D eigenvalue weighted by atomic mass is 9.83. The average molecular weight is 507 g/mol. The molecule has 5 nitrogen and oxygen atoms in total. The fourth-order valence-electron chi connectivity index (χ4n) is 4.18. The van der Waals surface area contributed by atoms with Crippen molar-refractivity contribution in [3.63, 3.8) is 0 Å². The molecule has 4 aromatic carbocycles. The van der Waals surface area contributed by atoms with Gasteiger partial charge in [0.15, 0.2) is 11.6 Å². The minimum atomic E-state index is -0.213. The number of ketones is 2. The van der Waals surface area contributed by atoms with Gasteiger partial charge in [-0.05, 0) is 72.6 Å². The number of nitrogens with two attached hydrogens (primary N) is 1. The van der Waals surface area contributed by atoms with Crippen LogP contribution in [-0.2, 0) is 0 Å². The van der Waals surface area contributed by atoms with Crippen LogP contribution in [0.1, 0.15) is 57.2 Å². The molecule has 0 amide bonds. The Bertz CT molecular complexity index is 1490. The maximum atomic E-state index is 13.3. The van der Waals surface area contributed by atoms with Gasteiger partial charge in [-0.1, -0.05) is 49.4 Å². The van der Waals surface area contributed by atoms with Crippen LogP contribution in [0.3, 0.4) is 0 Å². The quantitative estimate of drug-likeness (QED) is 0.138. The summed E-state index contributed by atoms with van der Waals surface area (Å²) >= 11 is 1.45. The summed E-state index contributed by atoms with van der Waals surface area (Å²) < 4.78 is 5.70. The molecule has 0 aromatic heterocycles. The molecule has 0 fully saturated rings. The summed E-state index contributed by atoms with van der Waals surface area (Å²) in [5.41, 5.74) is 9.63. The number of unbranched alkanes of at least 4 members (excludes halogenated alkanes) is 1. The molecular weight excluding hydrogens is 480 g/mol. The number of carbonyl (C=O) groups is 2. The smallest absolute Gasteiger partial charge is 0.196 e. The maximum Gasteiger partial charge on any atom is 0.196 e. The SMILES string of the molecule is CCCCOc1ccc(C=Nc2ccc(Sc3cccc4c3C(=O)c3cccc(N)c3C4=O)cc2)cc1.